The zero-order valence-corrected chi connectivity index (χ0v) is 12.1. The van der Waals surface area contributed by atoms with E-state index in [9.17, 15) is 9.59 Å². The lowest BCUT2D eigenvalue weighted by molar-refractivity contribution is -0.129. The van der Waals surface area contributed by atoms with Gasteiger partial charge in [0.05, 0.1) is 11.0 Å². The number of carbonyl (C=O) groups is 2. The molecule has 0 bridgehead atoms. The van der Waals surface area contributed by atoms with E-state index in [4.69, 9.17) is 5.11 Å². The molecule has 0 saturated carbocycles. The van der Waals surface area contributed by atoms with Crippen LogP contribution in [-0.2, 0) is 17.6 Å². The summed E-state index contributed by atoms with van der Waals surface area (Å²) in [7, 11) is 1.66. The Balaban J connectivity index is 2.07. The fourth-order valence-electron chi connectivity index (χ4n) is 3.22. The molecule has 1 aliphatic rings. The van der Waals surface area contributed by atoms with Crippen LogP contribution in [0.5, 0.6) is 0 Å². The van der Waals surface area contributed by atoms with Gasteiger partial charge in [-0.15, -0.1) is 0 Å². The highest BCUT2D eigenvalue weighted by atomic mass is 16.4. The molecule has 0 saturated heterocycles. The summed E-state index contributed by atoms with van der Waals surface area (Å²) in [6.45, 7) is 1.97. The van der Waals surface area contributed by atoms with E-state index in [0.717, 1.165) is 22.8 Å². The van der Waals surface area contributed by atoms with Crippen molar-refractivity contribution in [2.24, 2.45) is 5.41 Å². The minimum Gasteiger partial charge on any atom is -0.478 e. The Hall–Kier alpha value is -2.36. The van der Waals surface area contributed by atoms with Gasteiger partial charge in [-0.05, 0) is 46.9 Å². The van der Waals surface area contributed by atoms with Gasteiger partial charge in [-0.25, -0.2) is 4.79 Å². The molecule has 4 nitrogen and oxygen atoms in total. The number of carbonyl (C=O) groups excluding carboxylic acids is 1. The van der Waals surface area contributed by atoms with Crippen molar-refractivity contribution < 1.29 is 14.7 Å². The molecule has 2 aromatic rings. The van der Waals surface area contributed by atoms with Crippen LogP contribution in [-0.4, -0.2) is 24.0 Å². The quantitative estimate of drug-likeness (QED) is 0.889. The fraction of sp³-hybridized carbons (Fsp3) is 0.294. The summed E-state index contributed by atoms with van der Waals surface area (Å²) in [6, 6.07) is 9.22. The van der Waals surface area contributed by atoms with Gasteiger partial charge >= 0.3 is 5.97 Å². The summed E-state index contributed by atoms with van der Waals surface area (Å²) in [5.74, 6) is -0.874. The van der Waals surface area contributed by atoms with Crippen molar-refractivity contribution in [3.05, 3.63) is 47.0 Å². The van der Waals surface area contributed by atoms with Crippen LogP contribution in [0.1, 0.15) is 28.4 Å². The average molecular weight is 283 g/mol. The molecular formula is C17H17NO3. The third kappa shape index (κ3) is 2.17. The molecule has 2 aromatic carbocycles. The van der Waals surface area contributed by atoms with E-state index in [0.29, 0.717) is 6.42 Å². The Morgan fingerprint density at radius 1 is 1.10 bits per heavy atom. The molecule has 0 aromatic heterocycles. The van der Waals surface area contributed by atoms with Gasteiger partial charge in [0.2, 0.25) is 5.91 Å². The highest BCUT2D eigenvalue weighted by molar-refractivity contribution is 5.95. The summed E-state index contributed by atoms with van der Waals surface area (Å²) in [6.07, 6.45) is 1.41. The molecule has 3 rings (SSSR count). The third-order valence-electron chi connectivity index (χ3n) is 4.34. The van der Waals surface area contributed by atoms with E-state index in [1.54, 1.807) is 19.2 Å². The van der Waals surface area contributed by atoms with E-state index in [1.165, 1.54) is 5.56 Å². The predicted octanol–water partition coefficient (Wildman–Crippen LogP) is 2.39. The third-order valence-corrected chi connectivity index (χ3v) is 4.34. The molecule has 108 valence electrons. The van der Waals surface area contributed by atoms with Gasteiger partial charge in [0.1, 0.15) is 0 Å². The Kier molecular flexibility index (Phi) is 2.97. The van der Waals surface area contributed by atoms with Crippen molar-refractivity contribution in [2.75, 3.05) is 7.05 Å². The molecule has 2 N–H and O–H groups in total. The molecule has 4 heteroatoms. The Morgan fingerprint density at radius 3 is 2.29 bits per heavy atom. The minimum atomic E-state index is -0.924. The highest BCUT2D eigenvalue weighted by Gasteiger charge is 2.39. The van der Waals surface area contributed by atoms with Crippen LogP contribution in [0.25, 0.3) is 10.8 Å². The van der Waals surface area contributed by atoms with E-state index < -0.39 is 11.4 Å². The number of fused-ring (bicyclic) bond motifs is 2. The van der Waals surface area contributed by atoms with Crippen molar-refractivity contribution >= 4 is 22.6 Å². The normalized spacial score (nSPS) is 20.3. The number of carboxylic acids is 1. The molecule has 1 atom stereocenters. The maximum Gasteiger partial charge on any atom is 0.335 e. The second-order valence-corrected chi connectivity index (χ2v) is 5.98. The predicted molar refractivity (Wildman–Crippen MR) is 80.5 cm³/mol. The summed E-state index contributed by atoms with van der Waals surface area (Å²) in [5.41, 5.74) is 2.19. The molecule has 0 radical (unpaired) electrons. The smallest absolute Gasteiger partial charge is 0.335 e. The second-order valence-electron chi connectivity index (χ2n) is 5.98. The monoisotopic (exact) mass is 283 g/mol. The molecule has 1 aliphatic carbocycles. The van der Waals surface area contributed by atoms with E-state index in [2.05, 4.69) is 11.4 Å². The van der Waals surface area contributed by atoms with Crippen LogP contribution in [0.2, 0.25) is 0 Å². The second kappa shape index (κ2) is 4.58. The average Bonchev–Trinajstić information content (AvgIpc) is 2.79. The van der Waals surface area contributed by atoms with Crippen molar-refractivity contribution in [3.8, 4) is 0 Å². The lowest BCUT2D eigenvalue weighted by Crippen LogP contribution is -2.37. The van der Waals surface area contributed by atoms with Crippen molar-refractivity contribution in [2.45, 2.75) is 19.8 Å². The van der Waals surface area contributed by atoms with E-state index in [1.807, 2.05) is 19.1 Å². The van der Waals surface area contributed by atoms with E-state index in [-0.39, 0.29) is 11.5 Å². The summed E-state index contributed by atoms with van der Waals surface area (Å²) in [4.78, 5) is 23.1. The first-order valence-corrected chi connectivity index (χ1v) is 6.94. The molecule has 0 fully saturated rings. The molecular weight excluding hydrogens is 266 g/mol. The number of rotatable bonds is 2. The van der Waals surface area contributed by atoms with Crippen molar-refractivity contribution in [1.29, 1.82) is 0 Å². The lowest BCUT2D eigenvalue weighted by Gasteiger charge is -2.20. The largest absolute Gasteiger partial charge is 0.478 e. The lowest BCUT2D eigenvalue weighted by atomic mass is 9.86. The first-order chi connectivity index (χ1) is 9.93. The minimum absolute atomic E-state index is 0.0500. The van der Waals surface area contributed by atoms with Crippen molar-refractivity contribution in [3.63, 3.8) is 0 Å². The summed E-state index contributed by atoms with van der Waals surface area (Å²) < 4.78 is 0. The summed E-state index contributed by atoms with van der Waals surface area (Å²) in [5, 5.41) is 13.7. The van der Waals surface area contributed by atoms with Crippen molar-refractivity contribution in [1.82, 2.24) is 5.32 Å². The van der Waals surface area contributed by atoms with Gasteiger partial charge in [-0.2, -0.15) is 0 Å². The number of hydrogen-bond acceptors (Lipinski definition) is 2. The number of amides is 1. The van der Waals surface area contributed by atoms with Gasteiger partial charge in [0.15, 0.2) is 0 Å². The fourth-order valence-corrected chi connectivity index (χ4v) is 3.22. The summed E-state index contributed by atoms with van der Waals surface area (Å²) >= 11 is 0. The Bertz CT molecular complexity index is 766. The van der Waals surface area contributed by atoms with Gasteiger partial charge < -0.3 is 10.4 Å². The first-order valence-electron chi connectivity index (χ1n) is 6.94. The van der Waals surface area contributed by atoms with Crippen LogP contribution in [0, 0.1) is 5.41 Å². The van der Waals surface area contributed by atoms with Crippen LogP contribution in [0.4, 0.5) is 0 Å². The number of hydrogen-bond donors (Lipinski definition) is 2. The SMILES string of the molecule is CNC(=O)C1(C)Cc2cc3ccc(C(=O)O)cc3cc2C1. The molecule has 1 amide bonds. The van der Waals surface area contributed by atoms with Crippen LogP contribution in [0.3, 0.4) is 0 Å². The molecule has 0 heterocycles. The maximum absolute atomic E-state index is 12.1. The van der Waals surface area contributed by atoms with E-state index >= 15 is 0 Å². The van der Waals surface area contributed by atoms with Crippen LogP contribution < -0.4 is 5.32 Å². The molecule has 1 unspecified atom stereocenters. The topological polar surface area (TPSA) is 66.4 Å². The first kappa shape index (κ1) is 13.6. The van der Waals surface area contributed by atoms with Gasteiger partial charge in [-0.3, -0.25) is 4.79 Å². The Labute approximate surface area is 122 Å². The standard InChI is InChI=1S/C17H17NO3/c1-17(16(21)18-2)8-13-5-10-3-4-11(15(19)20)6-12(10)7-14(13)9-17/h3-7H,8-9H2,1-2H3,(H,18,21)(H,19,20). The molecule has 0 aliphatic heterocycles. The highest BCUT2D eigenvalue weighted by Crippen LogP contribution is 2.38. The Morgan fingerprint density at radius 2 is 1.71 bits per heavy atom. The molecule has 0 spiro atoms. The van der Waals surface area contributed by atoms with Gasteiger partial charge in [0.25, 0.3) is 0 Å². The zero-order valence-electron chi connectivity index (χ0n) is 12.1. The number of carboxylic acid groups (broad SMARTS) is 1. The number of nitrogens with one attached hydrogen (secondary N) is 1. The maximum atomic E-state index is 12.1. The van der Waals surface area contributed by atoms with Gasteiger partial charge in [-0.1, -0.05) is 25.1 Å². The molecule has 21 heavy (non-hydrogen) atoms. The van der Waals surface area contributed by atoms with Gasteiger partial charge in [0, 0.05) is 7.05 Å². The van der Waals surface area contributed by atoms with Crippen LogP contribution in [0.15, 0.2) is 30.3 Å². The number of aromatic carboxylic acids is 1. The zero-order chi connectivity index (χ0) is 15.2. The number of benzene rings is 2. The van der Waals surface area contributed by atoms with Crippen LogP contribution >= 0.6 is 0 Å².